The molecule has 4 aromatic heterocycles. The number of nitrogens with one attached hydrogen (secondary N) is 4. The maximum absolute atomic E-state index is 13.8. The van der Waals surface area contributed by atoms with Gasteiger partial charge >= 0.3 is 21.1 Å². The minimum absolute atomic E-state index is 0.161. The quantitative estimate of drug-likeness (QED) is 0.0519. The summed E-state index contributed by atoms with van der Waals surface area (Å²) in [7, 11) is -7.94. The average Bonchev–Trinajstić information content (AvgIpc) is 1.68. The second-order valence-electron chi connectivity index (χ2n) is 32.1. The molecular weight excluding hydrogens is 1700 g/mol. The van der Waals surface area contributed by atoms with Gasteiger partial charge in [0.1, 0.15) is 11.6 Å². The molecule has 0 aliphatic carbocycles. The molecule has 14 rings (SSSR count). The molecule has 3 aliphatic heterocycles. The normalized spacial score (nSPS) is 16.6. The van der Waals surface area contributed by atoms with Gasteiger partial charge in [-0.05, 0) is 246 Å². The van der Waals surface area contributed by atoms with E-state index < -0.39 is 52.4 Å². The number of anilines is 6. The van der Waals surface area contributed by atoms with Crippen LogP contribution in [0, 0.1) is 27.7 Å². The lowest BCUT2D eigenvalue weighted by Crippen LogP contribution is -2.41. The molecule has 0 radical (unpaired) electrons. The molecule has 11 aromatic rings. The summed E-state index contributed by atoms with van der Waals surface area (Å²) < 4.78 is 90.1. The third-order valence-corrected chi connectivity index (χ3v) is 24.5. The topological polar surface area (TPSA) is 319 Å². The number of rotatable bonds is 15. The molecule has 2 atom stereocenters. The Balaban J connectivity index is 0.000000161. The Kier molecular flexibility index (Phi) is 27.7. The summed E-state index contributed by atoms with van der Waals surface area (Å²) in [6.45, 7) is 36.1. The van der Waals surface area contributed by atoms with Gasteiger partial charge in [0.2, 0.25) is 31.9 Å². The van der Waals surface area contributed by atoms with Crippen LogP contribution in [0.5, 0.6) is 0 Å². The van der Waals surface area contributed by atoms with E-state index in [9.17, 15) is 26.4 Å². The molecule has 33 heteroatoms. The molecule has 7 heterocycles. The molecule has 0 amide bonds. The van der Waals surface area contributed by atoms with Crippen LogP contribution in [0.1, 0.15) is 143 Å². The van der Waals surface area contributed by atoms with Crippen molar-refractivity contribution in [3.05, 3.63) is 250 Å². The van der Waals surface area contributed by atoms with Crippen LogP contribution in [0.4, 0.5) is 34.9 Å². The van der Waals surface area contributed by atoms with E-state index in [2.05, 4.69) is 104 Å². The van der Waals surface area contributed by atoms with Crippen molar-refractivity contribution in [3.63, 3.8) is 0 Å². The molecule has 117 heavy (non-hydrogen) atoms. The van der Waals surface area contributed by atoms with Gasteiger partial charge in [-0.1, -0.05) is 141 Å². The van der Waals surface area contributed by atoms with Gasteiger partial charge < -0.3 is 50.0 Å². The van der Waals surface area contributed by atoms with Gasteiger partial charge in [0, 0.05) is 56.6 Å². The fourth-order valence-corrected chi connectivity index (χ4v) is 15.1. The predicted molar refractivity (Wildman–Crippen MR) is 484 cm³/mol. The Morgan fingerprint density at radius 3 is 1.28 bits per heavy atom. The number of sulfonamides is 2. The number of benzene rings is 7. The summed E-state index contributed by atoms with van der Waals surface area (Å²) in [6, 6.07) is 50.2. The Hall–Kier alpha value is -8.69. The highest BCUT2D eigenvalue weighted by molar-refractivity contribution is 9.11. The predicted octanol–water partition coefficient (Wildman–Crippen LogP) is 17.5. The lowest BCUT2D eigenvalue weighted by Gasteiger charge is -2.32. The van der Waals surface area contributed by atoms with Crippen LogP contribution in [0.2, 0.25) is 10.0 Å². The molecule has 616 valence electrons. The molecule has 0 saturated carbocycles. The van der Waals surface area contributed by atoms with Crippen molar-refractivity contribution in [2.75, 3.05) is 44.1 Å². The first-order valence-corrected chi connectivity index (χ1v) is 43.8. The smallest absolute Gasteiger partial charge is 0.405 e. The van der Waals surface area contributed by atoms with Gasteiger partial charge in [0.15, 0.2) is 0 Å². The molecule has 0 bridgehead atoms. The molecule has 24 nitrogen and oxygen atoms in total. The first-order valence-electron chi connectivity index (χ1n) is 37.7. The van der Waals surface area contributed by atoms with Crippen molar-refractivity contribution < 1.29 is 44.8 Å². The van der Waals surface area contributed by atoms with E-state index in [4.69, 9.17) is 62.6 Å². The minimum Gasteiger partial charge on any atom is -0.405 e. The molecule has 0 unspecified atom stereocenters. The molecule has 3 aliphatic rings. The second kappa shape index (κ2) is 35.7. The van der Waals surface area contributed by atoms with E-state index in [1.54, 1.807) is 57.9 Å². The highest BCUT2D eigenvalue weighted by atomic mass is 79.9. The zero-order chi connectivity index (χ0) is 86.0. The number of aromatic nitrogens is 6. The number of aryl methyl sites for hydroxylation is 4. The number of halogens is 4. The first kappa shape index (κ1) is 90.6. The summed E-state index contributed by atoms with van der Waals surface area (Å²) >= 11 is 19.6. The van der Waals surface area contributed by atoms with Crippen molar-refractivity contribution in [2.45, 2.75) is 170 Å². The van der Waals surface area contributed by atoms with Crippen LogP contribution in [0.3, 0.4) is 0 Å². The van der Waals surface area contributed by atoms with Crippen LogP contribution >= 0.6 is 55.1 Å². The van der Waals surface area contributed by atoms with E-state index in [0.29, 0.717) is 48.3 Å². The van der Waals surface area contributed by atoms with Crippen LogP contribution in [0.25, 0.3) is 44.0 Å². The summed E-state index contributed by atoms with van der Waals surface area (Å²) in [4.78, 5) is 44.2. The van der Waals surface area contributed by atoms with E-state index in [0.717, 1.165) is 89.4 Å². The SMILES string of the molecule is CC1(C)OB(B2OC(C)(C)C(C)(C)O2)OC1(C)C.C[C@H](Nc1nc(N)ncc1Br)c1cc2cccc(Cl)c2c(=O)n1-c1ccccc1.Cc1ccc(C)c(-c2cnc(N)nc2N[C@@H](C)c2cc3cccc(Cl)c3c(=O)n2-c2ccccc2)c1.Cc1ccc(NS(C)(=O)=O)cc1B1OC(C)(C)C(C)(C)O1.Cc1ccc(NS(C)(=O)=O)cc1Br. The maximum atomic E-state index is 13.8. The number of pyridine rings is 2. The third kappa shape index (κ3) is 21.5. The van der Waals surface area contributed by atoms with Gasteiger partial charge in [-0.3, -0.25) is 28.2 Å². The van der Waals surface area contributed by atoms with Crippen molar-refractivity contribution in [2.24, 2.45) is 0 Å². The monoisotopic (exact) mass is 1790 g/mol. The zero-order valence-corrected chi connectivity index (χ0v) is 75.5. The number of hydrogen-bond acceptors (Lipinski definition) is 20. The standard InChI is InChI=1S/C29H26ClN5O.C21H17BrClN5O.C14H22BNO4S.C12H24B2O4.C8H10BrNO2S/c1-17-12-13-18(2)22(14-17)23-16-32-29(31)34-27(23)33-19(3)25-15-20-8-7-11-24(30)26(20)28(36)35(25)21-9-5-4-6-10-21;1-12(26-19-15(22)11-25-21(24)27-19)17-10-13-6-5-9-16(23)18(13)20(29)28(17)14-7-3-2-4-8-14;1-10-7-8-11(16-21(6,17)18)9-12(10)15-19-13(2,3)14(4,5)20-15;1-9(2)10(3,4)16-13(15-9)14-17-11(5,6)12(7,8)18-14;1-6-3-4-7(5-8(6)9)10-13(2,11)12/h4-16,19H,1-3H3,(H3,31,32,33,34);2-12H,1H3,(H3,24,25,26,27);7-9,16H,1-6H3;1-8H3;3-5,10H,1-2H3/t19-;12-;;;/m00.../s1. The van der Waals surface area contributed by atoms with E-state index in [1.807, 2.05) is 220 Å². The summed E-state index contributed by atoms with van der Waals surface area (Å²) in [5, 5.41) is 10.2. The molecule has 3 saturated heterocycles. The van der Waals surface area contributed by atoms with E-state index in [-0.39, 0.29) is 57.5 Å². The average molecular weight is 1800 g/mol. The number of nitrogen functional groups attached to an aromatic ring is 2. The van der Waals surface area contributed by atoms with Crippen LogP contribution in [-0.4, -0.2) is 113 Å². The van der Waals surface area contributed by atoms with Crippen molar-refractivity contribution in [1.82, 2.24) is 29.1 Å². The fourth-order valence-electron chi connectivity index (χ4n) is 12.8. The Morgan fingerprint density at radius 2 is 0.846 bits per heavy atom. The molecule has 0 spiro atoms. The van der Waals surface area contributed by atoms with Gasteiger partial charge in [-0.25, -0.2) is 26.8 Å². The molecular formula is C84H99B3Br2Cl2N12O12S2. The Labute approximate surface area is 713 Å². The number of para-hydroxylation sites is 2. The van der Waals surface area contributed by atoms with E-state index >= 15 is 0 Å². The van der Waals surface area contributed by atoms with Crippen molar-refractivity contribution in [3.8, 4) is 22.5 Å². The zero-order valence-electron chi connectivity index (χ0n) is 69.2. The fraction of sp³-hybridized carbons (Fsp3) is 0.333. The third-order valence-electron chi connectivity index (χ3n) is 21.3. The Morgan fingerprint density at radius 1 is 0.453 bits per heavy atom. The lowest BCUT2D eigenvalue weighted by atomic mass is 9.49. The largest absolute Gasteiger partial charge is 0.495 e. The molecule has 3 fully saturated rings. The molecule has 8 N–H and O–H groups in total. The van der Waals surface area contributed by atoms with Crippen molar-refractivity contribution in [1.29, 1.82) is 0 Å². The lowest BCUT2D eigenvalue weighted by molar-refractivity contribution is 0.00578. The summed E-state index contributed by atoms with van der Waals surface area (Å²) in [5.41, 5.74) is 20.2. The van der Waals surface area contributed by atoms with Crippen molar-refractivity contribution >= 4 is 158 Å². The number of hydrogen-bond donors (Lipinski definition) is 6. The van der Waals surface area contributed by atoms with Gasteiger partial charge in [-0.15, -0.1) is 0 Å². The number of nitrogens with two attached hydrogens (primary N) is 2. The summed E-state index contributed by atoms with van der Waals surface area (Å²) in [6.07, 6.45) is 5.58. The maximum Gasteiger partial charge on any atom is 0.495 e. The number of fused-ring (bicyclic) bond motifs is 2. The highest BCUT2D eigenvalue weighted by Crippen LogP contribution is 2.44. The first-order chi connectivity index (χ1) is 54.5. The molecule has 7 aromatic carbocycles. The van der Waals surface area contributed by atoms with Crippen LogP contribution in [-0.2, 0) is 48.0 Å². The Bertz CT molecular complexity index is 5800. The van der Waals surface area contributed by atoms with Crippen LogP contribution in [0.15, 0.2) is 195 Å². The van der Waals surface area contributed by atoms with Gasteiger partial charge in [0.25, 0.3) is 11.1 Å². The highest BCUT2D eigenvalue weighted by Gasteiger charge is 2.64. The summed E-state index contributed by atoms with van der Waals surface area (Å²) in [5.74, 6) is 1.48. The van der Waals surface area contributed by atoms with E-state index in [1.165, 1.54) is 0 Å². The number of nitrogens with zero attached hydrogens (tertiary/aromatic N) is 6. The van der Waals surface area contributed by atoms with Gasteiger partial charge in [0.05, 0.1) is 83.5 Å². The van der Waals surface area contributed by atoms with Gasteiger partial charge in [-0.2, -0.15) is 9.97 Å². The van der Waals surface area contributed by atoms with Crippen LogP contribution < -0.4 is 48.1 Å². The second-order valence-corrected chi connectivity index (χ2v) is 38.1. The minimum atomic E-state index is -3.31.